The Balaban J connectivity index is 0.000000203. The molecule has 0 amide bonds. The Morgan fingerprint density at radius 3 is 2.44 bits per heavy atom. The predicted octanol–water partition coefficient (Wildman–Crippen LogP) is 2.31. The van der Waals surface area contributed by atoms with Gasteiger partial charge in [0, 0.05) is 10.7 Å². The number of carboxylic acid groups (broad SMARTS) is 1. The maximum atomic E-state index is 10.6. The molecule has 0 fully saturated rings. The van der Waals surface area contributed by atoms with Crippen LogP contribution in [0.2, 0.25) is 0 Å². The number of carboxylic acids is 1. The number of hydrogen-bond donors (Lipinski definition) is 2. The van der Waals surface area contributed by atoms with Crippen molar-refractivity contribution in [2.45, 2.75) is 6.18 Å². The molecule has 0 aliphatic rings. The molecule has 0 aliphatic carbocycles. The van der Waals surface area contributed by atoms with E-state index in [1.54, 1.807) is 6.20 Å². The molecular weight excluding hydrogens is 319 g/mol. The van der Waals surface area contributed by atoms with Crippen LogP contribution in [0, 0.1) is 0 Å². The zero-order chi connectivity index (χ0) is 13.9. The number of imidazole rings is 1. The summed E-state index contributed by atoms with van der Waals surface area (Å²) in [5, 5.41) is 7.12. The second-order valence-electron chi connectivity index (χ2n) is 3.08. The third kappa shape index (κ3) is 3.91. The number of anilines is 1. The number of nitrogens with two attached hydrogens (primary N) is 1. The standard InChI is InChI=1S/C7H6BrN3.C2HF3O2/c8-5-1-2-7-10-6(9)4-11(7)3-5;3-2(4,5)1(6)7/h1-4H,9H2;(H,6,7). The summed E-state index contributed by atoms with van der Waals surface area (Å²) in [4.78, 5) is 13.0. The van der Waals surface area contributed by atoms with Crippen molar-refractivity contribution in [1.82, 2.24) is 9.38 Å². The van der Waals surface area contributed by atoms with E-state index < -0.39 is 12.1 Å². The summed E-state index contributed by atoms with van der Waals surface area (Å²) < 4.78 is 34.6. The Bertz CT molecular complexity index is 568. The minimum atomic E-state index is -5.08. The molecule has 2 aromatic heterocycles. The lowest BCUT2D eigenvalue weighted by molar-refractivity contribution is -0.192. The number of hydrogen-bond acceptors (Lipinski definition) is 3. The van der Waals surface area contributed by atoms with Gasteiger partial charge in [0.2, 0.25) is 0 Å². The smallest absolute Gasteiger partial charge is 0.475 e. The van der Waals surface area contributed by atoms with Crippen molar-refractivity contribution in [1.29, 1.82) is 0 Å². The number of halogens is 4. The van der Waals surface area contributed by atoms with Gasteiger partial charge in [0.15, 0.2) is 0 Å². The molecule has 0 radical (unpaired) electrons. The van der Waals surface area contributed by atoms with E-state index in [0.717, 1.165) is 10.1 Å². The minimum Gasteiger partial charge on any atom is -0.475 e. The number of pyridine rings is 1. The van der Waals surface area contributed by atoms with Crippen LogP contribution >= 0.6 is 15.9 Å². The lowest BCUT2D eigenvalue weighted by Gasteiger charge is -1.93. The second-order valence-corrected chi connectivity index (χ2v) is 4.00. The van der Waals surface area contributed by atoms with Crippen LogP contribution in [0.5, 0.6) is 0 Å². The maximum absolute atomic E-state index is 10.6. The summed E-state index contributed by atoms with van der Waals surface area (Å²) in [5.41, 5.74) is 6.36. The van der Waals surface area contributed by atoms with E-state index in [1.807, 2.05) is 22.7 Å². The monoisotopic (exact) mass is 325 g/mol. The van der Waals surface area contributed by atoms with E-state index in [4.69, 9.17) is 15.6 Å². The Hall–Kier alpha value is -1.77. The van der Waals surface area contributed by atoms with Crippen molar-refractivity contribution in [3.63, 3.8) is 0 Å². The van der Waals surface area contributed by atoms with E-state index >= 15 is 0 Å². The highest BCUT2D eigenvalue weighted by atomic mass is 79.9. The Kier molecular flexibility index (Phi) is 4.17. The molecule has 18 heavy (non-hydrogen) atoms. The Morgan fingerprint density at radius 1 is 1.39 bits per heavy atom. The molecule has 0 saturated heterocycles. The van der Waals surface area contributed by atoms with Crippen LogP contribution in [-0.4, -0.2) is 26.6 Å². The fourth-order valence-corrected chi connectivity index (χ4v) is 1.34. The van der Waals surface area contributed by atoms with Gasteiger partial charge in [-0.2, -0.15) is 13.2 Å². The number of rotatable bonds is 0. The molecule has 0 aromatic carbocycles. The van der Waals surface area contributed by atoms with Crippen LogP contribution < -0.4 is 5.73 Å². The van der Waals surface area contributed by atoms with Crippen molar-refractivity contribution >= 4 is 33.4 Å². The molecule has 2 heterocycles. The molecule has 2 rings (SSSR count). The zero-order valence-corrected chi connectivity index (χ0v) is 10.2. The van der Waals surface area contributed by atoms with Gasteiger partial charge in [0.25, 0.3) is 0 Å². The van der Waals surface area contributed by atoms with E-state index in [-0.39, 0.29) is 0 Å². The number of carbonyl (C=O) groups is 1. The number of nitrogens with zero attached hydrogens (tertiary/aromatic N) is 2. The highest BCUT2D eigenvalue weighted by molar-refractivity contribution is 9.10. The fraction of sp³-hybridized carbons (Fsp3) is 0.111. The molecule has 0 aliphatic heterocycles. The van der Waals surface area contributed by atoms with Gasteiger partial charge in [-0.25, -0.2) is 9.78 Å². The number of nitrogen functional groups attached to an aromatic ring is 1. The molecule has 0 spiro atoms. The first kappa shape index (κ1) is 14.3. The lowest BCUT2D eigenvalue weighted by atomic mass is 10.5. The SMILES string of the molecule is Nc1cn2cc(Br)ccc2n1.O=C(O)C(F)(F)F. The molecule has 0 atom stereocenters. The number of aliphatic carboxylic acids is 1. The molecule has 0 unspecified atom stereocenters. The third-order valence-electron chi connectivity index (χ3n) is 1.68. The summed E-state index contributed by atoms with van der Waals surface area (Å²) in [6.07, 6.45) is -1.39. The van der Waals surface area contributed by atoms with E-state index in [2.05, 4.69) is 20.9 Å². The first-order chi connectivity index (χ1) is 8.20. The van der Waals surface area contributed by atoms with Crippen LogP contribution in [0.3, 0.4) is 0 Å². The van der Waals surface area contributed by atoms with Crippen LogP contribution in [0.25, 0.3) is 5.65 Å². The van der Waals surface area contributed by atoms with Crippen molar-refractivity contribution < 1.29 is 23.1 Å². The van der Waals surface area contributed by atoms with Gasteiger partial charge in [-0.05, 0) is 28.1 Å². The highest BCUT2D eigenvalue weighted by Gasteiger charge is 2.38. The topological polar surface area (TPSA) is 80.6 Å². The first-order valence-corrected chi connectivity index (χ1v) is 5.19. The quantitative estimate of drug-likeness (QED) is 0.778. The normalized spacial score (nSPS) is 10.9. The first-order valence-electron chi connectivity index (χ1n) is 4.40. The van der Waals surface area contributed by atoms with Gasteiger partial charge in [-0.15, -0.1) is 0 Å². The molecule has 0 bridgehead atoms. The average molecular weight is 326 g/mol. The molecule has 3 N–H and O–H groups in total. The van der Waals surface area contributed by atoms with E-state index in [9.17, 15) is 13.2 Å². The lowest BCUT2D eigenvalue weighted by Crippen LogP contribution is -2.21. The van der Waals surface area contributed by atoms with Gasteiger partial charge in [0.05, 0.1) is 6.20 Å². The molecule has 98 valence electrons. The summed E-state index contributed by atoms with van der Waals surface area (Å²) in [7, 11) is 0. The van der Waals surface area contributed by atoms with E-state index in [1.165, 1.54) is 0 Å². The molecular formula is C9H7BrF3N3O2. The molecule has 9 heteroatoms. The van der Waals surface area contributed by atoms with Gasteiger partial charge in [0.1, 0.15) is 11.5 Å². The molecule has 0 saturated carbocycles. The van der Waals surface area contributed by atoms with Crippen molar-refractivity contribution in [3.8, 4) is 0 Å². The summed E-state index contributed by atoms with van der Waals surface area (Å²) >= 11 is 3.35. The number of fused-ring (bicyclic) bond motifs is 1. The second kappa shape index (κ2) is 5.25. The predicted molar refractivity (Wildman–Crippen MR) is 61.0 cm³/mol. The van der Waals surface area contributed by atoms with Gasteiger partial charge in [-0.1, -0.05) is 0 Å². The minimum absolute atomic E-state index is 0.545. The van der Waals surface area contributed by atoms with Crippen molar-refractivity contribution in [2.24, 2.45) is 0 Å². The number of alkyl halides is 3. The largest absolute Gasteiger partial charge is 0.490 e. The van der Waals surface area contributed by atoms with Crippen LogP contribution in [0.4, 0.5) is 19.0 Å². The van der Waals surface area contributed by atoms with E-state index in [0.29, 0.717) is 5.82 Å². The zero-order valence-electron chi connectivity index (χ0n) is 8.65. The highest BCUT2D eigenvalue weighted by Crippen LogP contribution is 2.13. The Morgan fingerprint density at radius 2 is 1.94 bits per heavy atom. The van der Waals surface area contributed by atoms with Crippen LogP contribution in [-0.2, 0) is 4.79 Å². The molecule has 5 nitrogen and oxygen atoms in total. The van der Waals surface area contributed by atoms with Crippen molar-refractivity contribution in [2.75, 3.05) is 5.73 Å². The van der Waals surface area contributed by atoms with Crippen LogP contribution in [0.15, 0.2) is 29.0 Å². The van der Waals surface area contributed by atoms with Crippen molar-refractivity contribution in [3.05, 3.63) is 29.0 Å². The van der Waals surface area contributed by atoms with Crippen LogP contribution in [0.1, 0.15) is 0 Å². The average Bonchev–Trinajstić information content (AvgIpc) is 2.56. The van der Waals surface area contributed by atoms with Gasteiger partial charge in [-0.3, -0.25) is 0 Å². The summed E-state index contributed by atoms with van der Waals surface area (Å²) in [6.45, 7) is 0. The summed E-state index contributed by atoms with van der Waals surface area (Å²) in [6, 6.07) is 3.84. The molecule has 2 aromatic rings. The Labute approximate surface area is 107 Å². The number of aromatic nitrogens is 2. The van der Waals surface area contributed by atoms with Gasteiger partial charge >= 0.3 is 12.1 Å². The fourth-order valence-electron chi connectivity index (χ4n) is 0.984. The maximum Gasteiger partial charge on any atom is 0.490 e. The van der Waals surface area contributed by atoms with Gasteiger partial charge < -0.3 is 15.2 Å². The summed E-state index contributed by atoms with van der Waals surface area (Å²) in [5.74, 6) is -2.21. The third-order valence-corrected chi connectivity index (χ3v) is 2.15.